The van der Waals surface area contributed by atoms with Crippen LogP contribution in [-0.2, 0) is 23.8 Å². The molecule has 0 amide bonds. The predicted octanol–water partition coefficient (Wildman–Crippen LogP) is 4.09. The maximum Gasteiger partial charge on any atom is 0.314 e. The van der Waals surface area contributed by atoms with Crippen LogP contribution in [0.1, 0.15) is 72.6 Å². The average molecular weight is 366 g/mol. The van der Waals surface area contributed by atoms with Gasteiger partial charge in [-0.2, -0.15) is 0 Å². The molecule has 2 atom stereocenters. The van der Waals surface area contributed by atoms with Crippen molar-refractivity contribution >= 4 is 11.9 Å². The molecule has 4 rings (SSSR count). The van der Waals surface area contributed by atoms with E-state index in [0.29, 0.717) is 24.9 Å². The fourth-order valence-electron chi connectivity index (χ4n) is 5.48. The molecule has 0 spiro atoms. The number of rotatable bonds is 8. The van der Waals surface area contributed by atoms with Crippen molar-refractivity contribution in [3.8, 4) is 0 Å². The van der Waals surface area contributed by atoms with Gasteiger partial charge in [0.2, 0.25) is 0 Å². The van der Waals surface area contributed by atoms with E-state index in [-0.39, 0.29) is 24.5 Å². The van der Waals surface area contributed by atoms with Gasteiger partial charge in [0, 0.05) is 6.61 Å². The van der Waals surface area contributed by atoms with Crippen molar-refractivity contribution in [1.29, 1.82) is 0 Å². The monoisotopic (exact) mass is 366 g/mol. The van der Waals surface area contributed by atoms with Crippen LogP contribution in [0.4, 0.5) is 0 Å². The van der Waals surface area contributed by atoms with Gasteiger partial charge in [-0.3, -0.25) is 9.59 Å². The normalized spacial score (nSPS) is 35.6. The van der Waals surface area contributed by atoms with Crippen molar-refractivity contribution in [2.45, 2.75) is 85.0 Å². The minimum Gasteiger partial charge on any atom is -0.462 e. The molecule has 5 heteroatoms. The van der Waals surface area contributed by atoms with Gasteiger partial charge in [-0.1, -0.05) is 6.92 Å². The SMILES string of the molecule is CCOC(C)OC(=O)C(C)(CC)CC(=O)OC1C2CC3CC(C2)CC1C3. The number of hydrogen-bond acceptors (Lipinski definition) is 5. The van der Waals surface area contributed by atoms with E-state index in [4.69, 9.17) is 14.2 Å². The number of carbonyl (C=O) groups is 2. The molecular weight excluding hydrogens is 332 g/mol. The van der Waals surface area contributed by atoms with Gasteiger partial charge in [-0.05, 0) is 83.0 Å². The molecule has 4 fully saturated rings. The first-order chi connectivity index (χ1) is 12.3. The summed E-state index contributed by atoms with van der Waals surface area (Å²) in [6.07, 6.45) is 6.30. The molecule has 0 aromatic heterocycles. The first kappa shape index (κ1) is 19.7. The van der Waals surface area contributed by atoms with Crippen LogP contribution < -0.4 is 0 Å². The van der Waals surface area contributed by atoms with E-state index in [1.807, 2.05) is 13.8 Å². The molecule has 26 heavy (non-hydrogen) atoms. The van der Waals surface area contributed by atoms with Gasteiger partial charge in [-0.25, -0.2) is 0 Å². The molecule has 4 saturated carbocycles. The van der Waals surface area contributed by atoms with Gasteiger partial charge in [0.05, 0.1) is 11.8 Å². The minimum absolute atomic E-state index is 0.0646. The molecule has 2 unspecified atom stereocenters. The standard InChI is InChI=1S/C21H34O5/c1-5-21(4,20(23)25-13(3)24-6-2)12-18(22)26-19-16-8-14-7-15(10-16)11-17(19)9-14/h13-17,19H,5-12H2,1-4H3. The van der Waals surface area contributed by atoms with Gasteiger partial charge in [0.1, 0.15) is 6.10 Å². The molecule has 4 aliphatic rings. The summed E-state index contributed by atoms with van der Waals surface area (Å²) < 4.78 is 16.6. The first-order valence-corrected chi connectivity index (χ1v) is 10.4. The van der Waals surface area contributed by atoms with E-state index in [1.165, 1.54) is 32.1 Å². The Morgan fingerprint density at radius 3 is 2.12 bits per heavy atom. The summed E-state index contributed by atoms with van der Waals surface area (Å²) >= 11 is 0. The Kier molecular flexibility index (Phi) is 5.95. The number of esters is 2. The molecule has 148 valence electrons. The van der Waals surface area contributed by atoms with E-state index >= 15 is 0 Å². The van der Waals surface area contributed by atoms with Crippen molar-refractivity contribution in [2.75, 3.05) is 6.61 Å². The van der Waals surface area contributed by atoms with Crippen molar-refractivity contribution in [2.24, 2.45) is 29.1 Å². The third-order valence-corrected chi connectivity index (χ3v) is 6.89. The highest BCUT2D eigenvalue weighted by atomic mass is 16.7. The quantitative estimate of drug-likeness (QED) is 0.478. The van der Waals surface area contributed by atoms with Crippen LogP contribution in [-0.4, -0.2) is 30.9 Å². The van der Waals surface area contributed by atoms with Crippen molar-refractivity contribution in [3.05, 3.63) is 0 Å². The van der Waals surface area contributed by atoms with Crippen molar-refractivity contribution in [3.63, 3.8) is 0 Å². The lowest BCUT2D eigenvalue weighted by Crippen LogP contribution is -2.50. The van der Waals surface area contributed by atoms with Gasteiger partial charge < -0.3 is 14.2 Å². The largest absolute Gasteiger partial charge is 0.462 e. The molecule has 0 heterocycles. The third-order valence-electron chi connectivity index (χ3n) is 6.89. The molecule has 0 aromatic carbocycles. The summed E-state index contributed by atoms with van der Waals surface area (Å²) in [6, 6.07) is 0. The second-order valence-corrected chi connectivity index (χ2v) is 8.90. The van der Waals surface area contributed by atoms with Crippen LogP contribution in [0.5, 0.6) is 0 Å². The molecule has 0 N–H and O–H groups in total. The third kappa shape index (κ3) is 4.08. The lowest BCUT2D eigenvalue weighted by atomic mass is 9.55. The predicted molar refractivity (Wildman–Crippen MR) is 97.1 cm³/mol. The Hall–Kier alpha value is -1.10. The van der Waals surface area contributed by atoms with Crippen LogP contribution in [0.3, 0.4) is 0 Å². The zero-order valence-corrected chi connectivity index (χ0v) is 16.7. The zero-order chi connectivity index (χ0) is 18.9. The second kappa shape index (κ2) is 7.87. The number of ether oxygens (including phenoxy) is 3. The van der Waals surface area contributed by atoms with Gasteiger partial charge in [-0.15, -0.1) is 0 Å². The van der Waals surface area contributed by atoms with E-state index in [2.05, 4.69) is 0 Å². The highest BCUT2D eigenvalue weighted by Crippen LogP contribution is 2.54. The topological polar surface area (TPSA) is 61.8 Å². The highest BCUT2D eigenvalue weighted by molar-refractivity contribution is 5.83. The second-order valence-electron chi connectivity index (χ2n) is 8.90. The van der Waals surface area contributed by atoms with E-state index in [1.54, 1.807) is 13.8 Å². The molecule has 0 aliphatic heterocycles. The number of carbonyl (C=O) groups excluding carboxylic acids is 2. The minimum atomic E-state index is -0.867. The fourth-order valence-corrected chi connectivity index (χ4v) is 5.48. The van der Waals surface area contributed by atoms with Crippen LogP contribution in [0.15, 0.2) is 0 Å². The van der Waals surface area contributed by atoms with Gasteiger partial charge >= 0.3 is 11.9 Å². The van der Waals surface area contributed by atoms with Crippen molar-refractivity contribution < 1.29 is 23.8 Å². The molecule has 0 saturated heterocycles. The zero-order valence-electron chi connectivity index (χ0n) is 16.7. The van der Waals surface area contributed by atoms with E-state index in [9.17, 15) is 9.59 Å². The summed E-state index contributed by atoms with van der Waals surface area (Å²) in [5, 5.41) is 0. The molecule has 4 bridgehead atoms. The van der Waals surface area contributed by atoms with Gasteiger partial charge in [0.15, 0.2) is 6.29 Å². The average Bonchev–Trinajstić information content (AvgIpc) is 2.57. The lowest BCUT2D eigenvalue weighted by molar-refractivity contribution is -0.190. The Morgan fingerprint density at radius 2 is 1.62 bits per heavy atom. The lowest BCUT2D eigenvalue weighted by Gasteiger charge is -2.53. The van der Waals surface area contributed by atoms with E-state index < -0.39 is 11.7 Å². The summed E-state index contributed by atoms with van der Waals surface area (Å²) in [7, 11) is 0. The Labute approximate surface area is 157 Å². The molecule has 4 aliphatic carbocycles. The summed E-state index contributed by atoms with van der Waals surface area (Å²) in [5.74, 6) is 2.13. The van der Waals surface area contributed by atoms with Crippen LogP contribution >= 0.6 is 0 Å². The maximum atomic E-state index is 12.7. The Bertz CT molecular complexity index is 502. The molecular formula is C21H34O5. The van der Waals surface area contributed by atoms with Crippen molar-refractivity contribution in [1.82, 2.24) is 0 Å². The highest BCUT2D eigenvalue weighted by Gasteiger charge is 2.50. The Balaban J connectivity index is 1.56. The first-order valence-electron chi connectivity index (χ1n) is 10.4. The summed E-state index contributed by atoms with van der Waals surface area (Å²) in [4.78, 5) is 25.2. The number of hydrogen-bond donors (Lipinski definition) is 0. The van der Waals surface area contributed by atoms with E-state index in [0.717, 1.165) is 11.8 Å². The molecule has 0 aromatic rings. The van der Waals surface area contributed by atoms with Crippen LogP contribution in [0, 0.1) is 29.1 Å². The fraction of sp³-hybridized carbons (Fsp3) is 0.905. The summed E-state index contributed by atoms with van der Waals surface area (Å²) in [5.41, 5.74) is -0.867. The smallest absolute Gasteiger partial charge is 0.314 e. The van der Waals surface area contributed by atoms with Crippen LogP contribution in [0.25, 0.3) is 0 Å². The molecule has 5 nitrogen and oxygen atoms in total. The van der Waals surface area contributed by atoms with Gasteiger partial charge in [0.25, 0.3) is 0 Å². The maximum absolute atomic E-state index is 12.7. The molecule has 0 radical (unpaired) electrons. The van der Waals surface area contributed by atoms with Crippen LogP contribution in [0.2, 0.25) is 0 Å². The Morgan fingerprint density at radius 1 is 1.04 bits per heavy atom. The summed E-state index contributed by atoms with van der Waals surface area (Å²) in [6.45, 7) is 7.72.